The number of hydrazone groups is 2. The average molecular weight is 293 g/mol. The topological polar surface area (TPSA) is 71.8 Å². The molecule has 0 aliphatic carbocycles. The van der Waals surface area contributed by atoms with E-state index in [1.54, 1.807) is 6.21 Å². The van der Waals surface area contributed by atoms with Gasteiger partial charge in [0.2, 0.25) is 0 Å². The Morgan fingerprint density at radius 3 is 2.73 bits per heavy atom. The first kappa shape index (κ1) is 13.8. The van der Waals surface area contributed by atoms with Crippen LogP contribution < -0.4 is 15.7 Å². The molecule has 3 rings (SSSR count). The van der Waals surface area contributed by atoms with Gasteiger partial charge in [0.25, 0.3) is 5.65 Å². The summed E-state index contributed by atoms with van der Waals surface area (Å²) < 4.78 is 4.28. The second-order valence-electron chi connectivity index (χ2n) is 4.83. The number of aryl methyl sites for hydroxylation is 1. The fourth-order valence-corrected chi connectivity index (χ4v) is 2.37. The number of hydrogen-bond acceptors (Lipinski definition) is 3. The van der Waals surface area contributed by atoms with Crippen LogP contribution in [0.25, 0.3) is 16.9 Å². The second-order valence-corrected chi connectivity index (χ2v) is 4.83. The summed E-state index contributed by atoms with van der Waals surface area (Å²) in [4.78, 5) is 0. The summed E-state index contributed by atoms with van der Waals surface area (Å²) in [7, 11) is 2.07. The number of fused-ring (bicyclic) bond motifs is 1. The van der Waals surface area contributed by atoms with Crippen LogP contribution in [-0.4, -0.2) is 17.1 Å². The first-order chi connectivity index (χ1) is 10.8. The summed E-state index contributed by atoms with van der Waals surface area (Å²) in [6.07, 6.45) is 7.20. The summed E-state index contributed by atoms with van der Waals surface area (Å²) in [6.45, 7) is 0. The van der Waals surface area contributed by atoms with Crippen LogP contribution in [0.3, 0.4) is 0 Å². The Balaban J connectivity index is 1.88. The molecule has 0 aliphatic rings. The van der Waals surface area contributed by atoms with Gasteiger partial charge in [-0.15, -0.1) is 0 Å². The number of nitrogens with two attached hydrogens (primary N) is 1. The third-order valence-corrected chi connectivity index (χ3v) is 3.46. The fourth-order valence-electron chi connectivity index (χ4n) is 2.37. The molecular formula is C16H17N6+. The minimum Gasteiger partial charge on any atom is -0.322 e. The van der Waals surface area contributed by atoms with Crippen LogP contribution in [0.1, 0.15) is 5.56 Å². The molecule has 22 heavy (non-hydrogen) atoms. The number of imidazole rings is 1. The van der Waals surface area contributed by atoms with Crippen LogP contribution in [0.15, 0.2) is 65.1 Å². The minimum atomic E-state index is 0.994. The predicted octanol–water partition coefficient (Wildman–Crippen LogP) is 1.26. The maximum Gasteiger partial charge on any atom is 0.286 e. The Morgan fingerprint density at radius 1 is 1.18 bits per heavy atom. The van der Waals surface area contributed by atoms with Crippen molar-refractivity contribution in [3.8, 4) is 11.3 Å². The number of pyridine rings is 1. The van der Waals surface area contributed by atoms with E-state index in [-0.39, 0.29) is 0 Å². The van der Waals surface area contributed by atoms with Gasteiger partial charge in [-0.25, -0.2) is 8.97 Å². The average Bonchev–Trinajstić information content (AvgIpc) is 2.90. The largest absolute Gasteiger partial charge is 0.322 e. The fraction of sp³-hybridized carbons (Fsp3) is 0.0625. The van der Waals surface area contributed by atoms with Crippen molar-refractivity contribution in [2.75, 3.05) is 0 Å². The molecular weight excluding hydrogens is 276 g/mol. The van der Waals surface area contributed by atoms with Crippen LogP contribution in [0, 0.1) is 0 Å². The molecule has 110 valence electrons. The molecule has 3 aromatic rings. The second kappa shape index (κ2) is 6.09. The van der Waals surface area contributed by atoms with Crippen molar-refractivity contribution in [1.29, 1.82) is 0 Å². The van der Waals surface area contributed by atoms with E-state index in [1.807, 2.05) is 30.5 Å². The summed E-state index contributed by atoms with van der Waals surface area (Å²) >= 11 is 0. The lowest BCUT2D eigenvalue weighted by atomic mass is 10.1. The van der Waals surface area contributed by atoms with Crippen molar-refractivity contribution in [2.24, 2.45) is 23.1 Å². The molecule has 6 heteroatoms. The highest BCUT2D eigenvalue weighted by Crippen LogP contribution is 2.19. The zero-order valence-electron chi connectivity index (χ0n) is 12.2. The van der Waals surface area contributed by atoms with E-state index in [2.05, 4.69) is 56.0 Å². The summed E-state index contributed by atoms with van der Waals surface area (Å²) in [5.41, 5.74) is 7.05. The predicted molar refractivity (Wildman–Crippen MR) is 87.4 cm³/mol. The molecule has 1 aromatic carbocycles. The summed E-state index contributed by atoms with van der Waals surface area (Å²) in [5.74, 6) is 4.97. The number of nitrogens with zero attached hydrogens (tertiary/aromatic N) is 4. The summed E-state index contributed by atoms with van der Waals surface area (Å²) in [6, 6.07) is 14.3. The lowest BCUT2D eigenvalue weighted by Gasteiger charge is -1.98. The van der Waals surface area contributed by atoms with Gasteiger partial charge in [0.05, 0.1) is 19.5 Å². The van der Waals surface area contributed by atoms with Crippen molar-refractivity contribution in [3.05, 3.63) is 60.4 Å². The number of rotatable bonds is 4. The van der Waals surface area contributed by atoms with Crippen LogP contribution in [0.5, 0.6) is 0 Å². The smallest absolute Gasteiger partial charge is 0.286 e. The van der Waals surface area contributed by atoms with Crippen LogP contribution in [0.2, 0.25) is 0 Å². The number of nitrogens with one attached hydrogen (secondary N) is 1. The van der Waals surface area contributed by atoms with Gasteiger partial charge in [0.15, 0.2) is 5.69 Å². The Morgan fingerprint density at radius 2 is 2.00 bits per heavy atom. The van der Waals surface area contributed by atoms with Gasteiger partial charge in [-0.1, -0.05) is 18.2 Å². The third-order valence-electron chi connectivity index (χ3n) is 3.46. The van der Waals surface area contributed by atoms with Crippen LogP contribution in [0.4, 0.5) is 0 Å². The van der Waals surface area contributed by atoms with E-state index >= 15 is 0 Å². The van der Waals surface area contributed by atoms with Gasteiger partial charge in [-0.05, 0) is 23.8 Å². The molecule has 0 atom stereocenters. The molecule has 0 spiro atoms. The van der Waals surface area contributed by atoms with E-state index in [9.17, 15) is 0 Å². The number of hydrogen-bond donors (Lipinski definition) is 2. The Bertz CT molecular complexity index is 829. The van der Waals surface area contributed by atoms with E-state index in [0.717, 1.165) is 22.5 Å². The normalized spacial score (nSPS) is 11.7. The zero-order chi connectivity index (χ0) is 15.4. The molecule has 2 aromatic heterocycles. The van der Waals surface area contributed by atoms with Crippen molar-refractivity contribution >= 4 is 18.2 Å². The first-order valence-corrected chi connectivity index (χ1v) is 6.86. The zero-order valence-corrected chi connectivity index (χ0v) is 12.2. The lowest BCUT2D eigenvalue weighted by molar-refractivity contribution is -0.510. The molecule has 0 radical (unpaired) electrons. The molecule has 3 N–H and O–H groups in total. The molecule has 0 fully saturated rings. The van der Waals surface area contributed by atoms with Gasteiger partial charge in [-0.2, -0.15) is 10.2 Å². The van der Waals surface area contributed by atoms with Gasteiger partial charge in [-0.3, -0.25) is 5.43 Å². The highest BCUT2D eigenvalue weighted by Gasteiger charge is 2.14. The molecule has 0 unspecified atom stereocenters. The minimum absolute atomic E-state index is 0.994. The van der Waals surface area contributed by atoms with E-state index in [4.69, 9.17) is 5.84 Å². The highest BCUT2D eigenvalue weighted by molar-refractivity contribution is 5.81. The summed E-state index contributed by atoms with van der Waals surface area (Å²) in [5, 5.41) is 7.27. The van der Waals surface area contributed by atoms with Gasteiger partial charge >= 0.3 is 0 Å². The Hall–Kier alpha value is -3.15. The number of aromatic nitrogens is 2. The van der Waals surface area contributed by atoms with Crippen molar-refractivity contribution < 1.29 is 4.40 Å². The van der Waals surface area contributed by atoms with E-state index in [1.165, 1.54) is 6.34 Å². The SMILES string of the molecule is Cn1c(-c2ccc(/C=N\NC=NN)cc2)c[n+]2ccccc12. The van der Waals surface area contributed by atoms with E-state index < -0.39 is 0 Å². The molecule has 0 bridgehead atoms. The van der Waals surface area contributed by atoms with Crippen LogP contribution in [-0.2, 0) is 7.05 Å². The van der Waals surface area contributed by atoms with Crippen molar-refractivity contribution in [2.45, 2.75) is 0 Å². The maximum atomic E-state index is 4.97. The Kier molecular flexibility index (Phi) is 3.82. The molecule has 0 aliphatic heterocycles. The Labute approximate surface area is 128 Å². The third kappa shape index (κ3) is 2.67. The molecule has 2 heterocycles. The molecule has 0 saturated heterocycles. The van der Waals surface area contributed by atoms with Crippen molar-refractivity contribution in [1.82, 2.24) is 9.99 Å². The quantitative estimate of drug-likeness (QED) is 0.250. The standard InChI is InChI=1S/C16H17N6/c1-21-15(11-22-9-3-2-4-16(21)22)14-7-5-13(6-8-14)10-19-20-12-18-17/h2-12H,17H2,1H3,(H,18,20)/q+1/b19-10-. The van der Waals surface area contributed by atoms with Gasteiger partial charge < -0.3 is 5.84 Å². The van der Waals surface area contributed by atoms with E-state index in [0.29, 0.717) is 0 Å². The maximum absolute atomic E-state index is 4.97. The van der Waals surface area contributed by atoms with Gasteiger partial charge in [0, 0.05) is 11.6 Å². The van der Waals surface area contributed by atoms with Crippen LogP contribution >= 0.6 is 0 Å². The molecule has 6 nitrogen and oxygen atoms in total. The highest BCUT2D eigenvalue weighted by atomic mass is 15.3. The number of benzene rings is 1. The first-order valence-electron chi connectivity index (χ1n) is 6.86. The molecule has 0 saturated carbocycles. The lowest BCUT2D eigenvalue weighted by Crippen LogP contribution is -2.17. The monoisotopic (exact) mass is 293 g/mol. The molecule has 0 amide bonds. The van der Waals surface area contributed by atoms with Gasteiger partial charge in [0.1, 0.15) is 12.5 Å². The van der Waals surface area contributed by atoms with Crippen molar-refractivity contribution in [3.63, 3.8) is 0 Å².